The maximum absolute atomic E-state index is 11.7. The molecule has 78 valence electrons. The number of nitrogens with one attached hydrogen (secondary N) is 1. The summed E-state index contributed by atoms with van der Waals surface area (Å²) in [5, 5.41) is 5.59. The second kappa shape index (κ2) is 5.22. The molecule has 3 nitrogen and oxygen atoms in total. The fourth-order valence-corrected chi connectivity index (χ4v) is 1.95. The molecule has 0 saturated carbocycles. The van der Waals surface area contributed by atoms with Gasteiger partial charge in [-0.05, 0) is 13.5 Å². The number of ketones is 1. The van der Waals surface area contributed by atoms with Gasteiger partial charge in [-0.2, -0.15) is 0 Å². The Balaban J connectivity index is 2.71. The van der Waals surface area contributed by atoms with E-state index in [1.54, 1.807) is 0 Å². The average molecular weight is 212 g/mol. The number of thiazole rings is 1. The molecule has 1 heterocycles. The van der Waals surface area contributed by atoms with E-state index in [2.05, 4.69) is 10.3 Å². The third-order valence-corrected chi connectivity index (χ3v) is 3.09. The molecule has 0 aliphatic rings. The summed E-state index contributed by atoms with van der Waals surface area (Å²) in [7, 11) is 1.87. The summed E-state index contributed by atoms with van der Waals surface area (Å²) in [6, 6.07) is 0. The zero-order chi connectivity index (χ0) is 10.6. The Hall–Kier alpha value is -0.740. The van der Waals surface area contributed by atoms with Gasteiger partial charge in [-0.15, -0.1) is 11.3 Å². The summed E-state index contributed by atoms with van der Waals surface area (Å²) in [6.45, 7) is 4.69. The molecule has 1 aromatic heterocycles. The predicted molar refractivity (Wildman–Crippen MR) is 58.7 cm³/mol. The lowest BCUT2D eigenvalue weighted by Crippen LogP contribution is -2.11. The summed E-state index contributed by atoms with van der Waals surface area (Å²) in [5.74, 6) is 0.253. The number of Topliss-reactive ketones (excluding diaryl/α,β-unsaturated/α-hetero) is 1. The highest BCUT2D eigenvalue weighted by Gasteiger charge is 2.16. The molecule has 1 N–H and O–H groups in total. The Labute approximate surface area is 88.6 Å². The maximum atomic E-state index is 11.7. The number of carbonyl (C=O) groups is 1. The van der Waals surface area contributed by atoms with Crippen molar-refractivity contribution in [1.29, 1.82) is 0 Å². The topological polar surface area (TPSA) is 42.0 Å². The average Bonchev–Trinajstić information content (AvgIpc) is 2.64. The van der Waals surface area contributed by atoms with E-state index < -0.39 is 0 Å². The van der Waals surface area contributed by atoms with E-state index in [0.717, 1.165) is 18.7 Å². The van der Waals surface area contributed by atoms with E-state index in [1.165, 1.54) is 11.3 Å². The van der Waals surface area contributed by atoms with E-state index >= 15 is 0 Å². The van der Waals surface area contributed by atoms with Crippen molar-refractivity contribution in [3.63, 3.8) is 0 Å². The van der Waals surface area contributed by atoms with E-state index in [0.29, 0.717) is 5.01 Å². The van der Waals surface area contributed by atoms with Crippen LogP contribution in [0.5, 0.6) is 0 Å². The monoisotopic (exact) mass is 212 g/mol. The van der Waals surface area contributed by atoms with Gasteiger partial charge in [-0.1, -0.05) is 13.8 Å². The highest BCUT2D eigenvalue weighted by Crippen LogP contribution is 2.16. The zero-order valence-electron chi connectivity index (χ0n) is 8.83. The second-order valence-electron chi connectivity index (χ2n) is 3.35. The number of hydrogen-bond acceptors (Lipinski definition) is 4. The van der Waals surface area contributed by atoms with Crippen LogP contribution < -0.4 is 5.32 Å². The van der Waals surface area contributed by atoms with Crippen LogP contribution in [0.4, 0.5) is 0 Å². The van der Waals surface area contributed by atoms with Crippen molar-refractivity contribution in [2.75, 3.05) is 7.05 Å². The Bertz CT molecular complexity index is 309. The van der Waals surface area contributed by atoms with Gasteiger partial charge in [0.15, 0.2) is 10.8 Å². The molecule has 0 fully saturated rings. The van der Waals surface area contributed by atoms with Gasteiger partial charge in [-0.25, -0.2) is 4.98 Å². The number of aromatic nitrogens is 1. The molecule has 1 atom stereocenters. The minimum absolute atomic E-state index is 0.0867. The first-order valence-corrected chi connectivity index (χ1v) is 5.70. The molecule has 1 aromatic rings. The minimum Gasteiger partial charge on any atom is -0.314 e. The molecule has 14 heavy (non-hydrogen) atoms. The summed E-state index contributed by atoms with van der Waals surface area (Å²) >= 11 is 1.44. The third-order valence-electron chi connectivity index (χ3n) is 2.18. The quantitative estimate of drug-likeness (QED) is 0.760. The molecule has 0 aromatic carbocycles. The SMILES string of the molecule is CCC(C)C(=O)c1nc(CNC)cs1. The van der Waals surface area contributed by atoms with E-state index in [4.69, 9.17) is 0 Å². The van der Waals surface area contributed by atoms with Gasteiger partial charge >= 0.3 is 0 Å². The normalized spacial score (nSPS) is 12.8. The molecular formula is C10H16N2OS. The molecule has 0 aliphatic carbocycles. The number of hydrogen-bond donors (Lipinski definition) is 1. The predicted octanol–water partition coefficient (Wildman–Crippen LogP) is 2.09. The van der Waals surface area contributed by atoms with Crippen LogP contribution in [0.3, 0.4) is 0 Å². The van der Waals surface area contributed by atoms with Crippen molar-refractivity contribution in [3.8, 4) is 0 Å². The molecule has 0 saturated heterocycles. The number of carbonyl (C=O) groups excluding carboxylic acids is 1. The van der Waals surface area contributed by atoms with Crippen LogP contribution in [0, 0.1) is 5.92 Å². The maximum Gasteiger partial charge on any atom is 0.194 e. The van der Waals surface area contributed by atoms with Crippen molar-refractivity contribution < 1.29 is 4.79 Å². The Morgan fingerprint density at radius 2 is 2.43 bits per heavy atom. The molecule has 1 rings (SSSR count). The lowest BCUT2D eigenvalue weighted by atomic mass is 10.0. The first-order chi connectivity index (χ1) is 6.69. The first-order valence-electron chi connectivity index (χ1n) is 4.82. The van der Waals surface area contributed by atoms with Crippen LogP contribution >= 0.6 is 11.3 Å². The van der Waals surface area contributed by atoms with Gasteiger partial charge in [-0.3, -0.25) is 4.79 Å². The van der Waals surface area contributed by atoms with Crippen molar-refractivity contribution in [2.45, 2.75) is 26.8 Å². The lowest BCUT2D eigenvalue weighted by Gasteiger charge is -2.02. The van der Waals surface area contributed by atoms with Gasteiger partial charge in [0.2, 0.25) is 0 Å². The van der Waals surface area contributed by atoms with Crippen molar-refractivity contribution in [1.82, 2.24) is 10.3 Å². The fourth-order valence-electron chi connectivity index (χ4n) is 1.08. The van der Waals surface area contributed by atoms with Gasteiger partial charge in [0.1, 0.15) is 0 Å². The number of nitrogens with zero attached hydrogens (tertiary/aromatic N) is 1. The van der Waals surface area contributed by atoms with Crippen LogP contribution in [0.2, 0.25) is 0 Å². The van der Waals surface area contributed by atoms with Gasteiger partial charge in [0.05, 0.1) is 5.69 Å². The highest BCUT2D eigenvalue weighted by molar-refractivity contribution is 7.11. The molecular weight excluding hydrogens is 196 g/mol. The molecule has 1 unspecified atom stereocenters. The Morgan fingerprint density at radius 3 is 3.00 bits per heavy atom. The molecule has 0 spiro atoms. The van der Waals surface area contributed by atoms with Crippen LogP contribution in [-0.2, 0) is 6.54 Å². The molecule has 4 heteroatoms. The Morgan fingerprint density at radius 1 is 1.71 bits per heavy atom. The van der Waals surface area contributed by atoms with E-state index in [-0.39, 0.29) is 11.7 Å². The summed E-state index contributed by atoms with van der Waals surface area (Å²) in [4.78, 5) is 16.0. The van der Waals surface area contributed by atoms with Gasteiger partial charge in [0.25, 0.3) is 0 Å². The minimum atomic E-state index is 0.0867. The summed E-state index contributed by atoms with van der Waals surface area (Å²) < 4.78 is 0. The molecule has 0 radical (unpaired) electrons. The smallest absolute Gasteiger partial charge is 0.194 e. The van der Waals surface area contributed by atoms with Crippen LogP contribution in [0.25, 0.3) is 0 Å². The van der Waals surface area contributed by atoms with Gasteiger partial charge < -0.3 is 5.32 Å². The van der Waals surface area contributed by atoms with E-state index in [1.807, 2.05) is 26.3 Å². The largest absolute Gasteiger partial charge is 0.314 e. The van der Waals surface area contributed by atoms with Gasteiger partial charge in [0, 0.05) is 17.8 Å². The standard InChI is InChI=1S/C10H16N2OS/c1-4-7(2)9(13)10-12-8(5-11-3)6-14-10/h6-7,11H,4-5H2,1-3H3. The summed E-state index contributed by atoms with van der Waals surface area (Å²) in [6.07, 6.45) is 0.875. The van der Waals surface area contributed by atoms with Crippen LogP contribution in [0.1, 0.15) is 35.8 Å². The fraction of sp³-hybridized carbons (Fsp3) is 0.600. The van der Waals surface area contributed by atoms with E-state index in [9.17, 15) is 4.79 Å². The lowest BCUT2D eigenvalue weighted by molar-refractivity contribution is 0.0926. The molecule has 0 amide bonds. The molecule has 0 aliphatic heterocycles. The third kappa shape index (κ3) is 2.62. The zero-order valence-corrected chi connectivity index (χ0v) is 9.65. The molecule has 0 bridgehead atoms. The van der Waals surface area contributed by atoms with Crippen LogP contribution in [-0.4, -0.2) is 17.8 Å². The van der Waals surface area contributed by atoms with Crippen LogP contribution in [0.15, 0.2) is 5.38 Å². The van der Waals surface area contributed by atoms with Crippen molar-refractivity contribution >= 4 is 17.1 Å². The number of rotatable bonds is 5. The first kappa shape index (κ1) is 11.3. The van der Waals surface area contributed by atoms with Crippen molar-refractivity contribution in [3.05, 3.63) is 16.1 Å². The van der Waals surface area contributed by atoms with Crippen molar-refractivity contribution in [2.24, 2.45) is 5.92 Å². The second-order valence-corrected chi connectivity index (χ2v) is 4.21. The summed E-state index contributed by atoms with van der Waals surface area (Å²) in [5.41, 5.74) is 0.948. The Kier molecular flexibility index (Phi) is 4.22. The highest BCUT2D eigenvalue weighted by atomic mass is 32.1.